The van der Waals surface area contributed by atoms with Crippen LogP contribution in [0.4, 0.5) is 5.82 Å². The van der Waals surface area contributed by atoms with E-state index in [2.05, 4.69) is 42.2 Å². The maximum atomic E-state index is 4.70. The third kappa shape index (κ3) is 2.99. The molecule has 1 N–H and O–H groups in total. The Morgan fingerprint density at radius 2 is 2.17 bits per heavy atom. The van der Waals surface area contributed by atoms with Crippen LogP contribution in [-0.4, -0.2) is 36.1 Å². The van der Waals surface area contributed by atoms with Gasteiger partial charge in [0.15, 0.2) is 0 Å². The van der Waals surface area contributed by atoms with Crippen molar-refractivity contribution in [3.05, 3.63) is 17.6 Å². The van der Waals surface area contributed by atoms with Crippen molar-refractivity contribution < 1.29 is 0 Å². The van der Waals surface area contributed by atoms with Crippen molar-refractivity contribution in [3.63, 3.8) is 0 Å². The first-order chi connectivity index (χ1) is 8.58. The Morgan fingerprint density at radius 1 is 1.39 bits per heavy atom. The monoisotopic (exact) mass is 248 g/mol. The van der Waals surface area contributed by atoms with Crippen LogP contribution in [0.3, 0.4) is 0 Å². The number of nitrogens with zero attached hydrogens (tertiary/aromatic N) is 3. The van der Waals surface area contributed by atoms with Gasteiger partial charge in [-0.25, -0.2) is 9.97 Å². The van der Waals surface area contributed by atoms with E-state index in [-0.39, 0.29) is 0 Å². The number of anilines is 1. The van der Waals surface area contributed by atoms with E-state index in [1.54, 1.807) is 0 Å². The molecule has 2 rings (SSSR count). The second kappa shape index (κ2) is 5.65. The number of nitrogens with one attached hydrogen (secondary N) is 1. The topological polar surface area (TPSA) is 41.0 Å². The smallest absolute Gasteiger partial charge is 0.133 e. The lowest BCUT2D eigenvalue weighted by Gasteiger charge is -2.32. The summed E-state index contributed by atoms with van der Waals surface area (Å²) < 4.78 is 0. The van der Waals surface area contributed by atoms with Crippen molar-refractivity contribution in [2.75, 3.05) is 25.0 Å². The summed E-state index contributed by atoms with van der Waals surface area (Å²) >= 11 is 0. The van der Waals surface area contributed by atoms with Crippen LogP contribution in [0.5, 0.6) is 0 Å². The zero-order valence-electron chi connectivity index (χ0n) is 11.9. The minimum atomic E-state index is 0.376. The minimum absolute atomic E-state index is 0.376. The second-order valence-corrected chi connectivity index (χ2v) is 5.49. The molecule has 1 saturated heterocycles. The Balaban J connectivity index is 2.20. The molecule has 1 atom stereocenters. The van der Waals surface area contributed by atoms with Crippen molar-refractivity contribution in [2.24, 2.45) is 0 Å². The second-order valence-electron chi connectivity index (χ2n) is 5.49. The summed E-state index contributed by atoms with van der Waals surface area (Å²) in [5.41, 5.74) is 1.05. The molecule has 0 bridgehead atoms. The van der Waals surface area contributed by atoms with Gasteiger partial charge in [0.05, 0.1) is 0 Å². The maximum absolute atomic E-state index is 4.70. The fourth-order valence-electron chi connectivity index (χ4n) is 2.36. The Kier molecular flexibility index (Phi) is 4.17. The Hall–Kier alpha value is -1.16. The normalized spacial score (nSPS) is 20.2. The molecule has 18 heavy (non-hydrogen) atoms. The molecule has 1 unspecified atom stereocenters. The van der Waals surface area contributed by atoms with E-state index >= 15 is 0 Å². The van der Waals surface area contributed by atoms with Gasteiger partial charge in [0, 0.05) is 37.3 Å². The van der Waals surface area contributed by atoms with Crippen LogP contribution in [0.15, 0.2) is 6.07 Å². The fourth-order valence-corrected chi connectivity index (χ4v) is 2.36. The summed E-state index contributed by atoms with van der Waals surface area (Å²) in [6.07, 6.45) is 2.49. The predicted octanol–water partition coefficient (Wildman–Crippen LogP) is 2.10. The standard InChI is InChI=1S/C14H24N4/c1-10(2)14-16-11(3)8-13(17-14)18(4)12-6-5-7-15-9-12/h8,10,12,15H,5-7,9H2,1-4H3. The number of hydrogen-bond donors (Lipinski definition) is 1. The van der Waals surface area contributed by atoms with E-state index in [0.29, 0.717) is 12.0 Å². The Morgan fingerprint density at radius 3 is 2.78 bits per heavy atom. The molecular formula is C14H24N4. The van der Waals surface area contributed by atoms with E-state index in [4.69, 9.17) is 4.98 Å². The third-order valence-corrected chi connectivity index (χ3v) is 3.55. The quantitative estimate of drug-likeness (QED) is 0.889. The number of hydrogen-bond acceptors (Lipinski definition) is 4. The molecule has 0 radical (unpaired) electrons. The summed E-state index contributed by atoms with van der Waals surface area (Å²) in [5, 5.41) is 3.45. The largest absolute Gasteiger partial charge is 0.355 e. The molecule has 0 aromatic carbocycles. The highest BCUT2D eigenvalue weighted by Gasteiger charge is 2.20. The Labute approximate surface area is 110 Å². The van der Waals surface area contributed by atoms with Crippen LogP contribution in [0, 0.1) is 6.92 Å². The fraction of sp³-hybridized carbons (Fsp3) is 0.714. The minimum Gasteiger partial charge on any atom is -0.355 e. The molecule has 1 aromatic heterocycles. The van der Waals surface area contributed by atoms with Crippen LogP contribution < -0.4 is 10.2 Å². The van der Waals surface area contributed by atoms with Gasteiger partial charge in [0.1, 0.15) is 11.6 Å². The number of likely N-dealkylation sites (N-methyl/N-ethyl adjacent to an activating group) is 1. The molecule has 0 aliphatic carbocycles. The van der Waals surface area contributed by atoms with Crippen LogP contribution in [0.25, 0.3) is 0 Å². The van der Waals surface area contributed by atoms with Gasteiger partial charge in [-0.1, -0.05) is 13.8 Å². The van der Waals surface area contributed by atoms with Crippen LogP contribution in [0.2, 0.25) is 0 Å². The molecular weight excluding hydrogens is 224 g/mol. The average Bonchev–Trinajstić information content (AvgIpc) is 2.38. The molecule has 4 heteroatoms. The SMILES string of the molecule is Cc1cc(N(C)C2CCCNC2)nc(C(C)C)n1. The van der Waals surface area contributed by atoms with Crippen molar-refractivity contribution in [1.82, 2.24) is 15.3 Å². The number of rotatable bonds is 3. The van der Waals surface area contributed by atoms with Crippen molar-refractivity contribution >= 4 is 5.82 Å². The molecule has 1 aliphatic heterocycles. The highest BCUT2D eigenvalue weighted by atomic mass is 15.2. The molecule has 100 valence electrons. The molecule has 2 heterocycles. The van der Waals surface area contributed by atoms with Gasteiger partial charge in [0.25, 0.3) is 0 Å². The lowest BCUT2D eigenvalue weighted by molar-refractivity contribution is 0.442. The van der Waals surface area contributed by atoms with Crippen LogP contribution in [0.1, 0.15) is 44.1 Å². The van der Waals surface area contributed by atoms with Gasteiger partial charge in [-0.2, -0.15) is 0 Å². The third-order valence-electron chi connectivity index (χ3n) is 3.55. The zero-order valence-corrected chi connectivity index (χ0v) is 11.9. The molecule has 0 saturated carbocycles. The highest BCUT2D eigenvalue weighted by molar-refractivity contribution is 5.40. The molecule has 1 aromatic rings. The first-order valence-corrected chi connectivity index (χ1v) is 6.87. The van der Waals surface area contributed by atoms with Crippen molar-refractivity contribution in [3.8, 4) is 0 Å². The van der Waals surface area contributed by atoms with Crippen molar-refractivity contribution in [2.45, 2.75) is 45.6 Å². The van der Waals surface area contributed by atoms with E-state index < -0.39 is 0 Å². The summed E-state index contributed by atoms with van der Waals surface area (Å²) in [6.45, 7) is 8.52. The van der Waals surface area contributed by atoms with Gasteiger partial charge < -0.3 is 10.2 Å². The highest BCUT2D eigenvalue weighted by Crippen LogP contribution is 2.20. The molecule has 0 amide bonds. The van der Waals surface area contributed by atoms with Crippen LogP contribution >= 0.6 is 0 Å². The van der Waals surface area contributed by atoms with Crippen LogP contribution in [-0.2, 0) is 0 Å². The average molecular weight is 248 g/mol. The summed E-state index contributed by atoms with van der Waals surface area (Å²) in [7, 11) is 2.14. The van der Waals surface area contributed by atoms with Gasteiger partial charge in [-0.05, 0) is 26.3 Å². The van der Waals surface area contributed by atoms with E-state index in [1.165, 1.54) is 12.8 Å². The zero-order chi connectivity index (χ0) is 13.1. The van der Waals surface area contributed by atoms with Gasteiger partial charge in [-0.3, -0.25) is 0 Å². The molecule has 4 nitrogen and oxygen atoms in total. The first-order valence-electron chi connectivity index (χ1n) is 6.87. The van der Waals surface area contributed by atoms with Crippen molar-refractivity contribution in [1.29, 1.82) is 0 Å². The molecule has 0 spiro atoms. The summed E-state index contributed by atoms with van der Waals surface area (Å²) in [4.78, 5) is 11.5. The lowest BCUT2D eigenvalue weighted by atomic mass is 10.1. The lowest BCUT2D eigenvalue weighted by Crippen LogP contribution is -2.44. The van der Waals surface area contributed by atoms with Gasteiger partial charge in [0.2, 0.25) is 0 Å². The van der Waals surface area contributed by atoms with Gasteiger partial charge >= 0.3 is 0 Å². The summed E-state index contributed by atoms with van der Waals surface area (Å²) in [6, 6.07) is 2.63. The maximum Gasteiger partial charge on any atom is 0.133 e. The van der Waals surface area contributed by atoms with E-state index in [1.807, 2.05) is 6.92 Å². The number of aromatic nitrogens is 2. The van der Waals surface area contributed by atoms with E-state index in [9.17, 15) is 0 Å². The van der Waals surface area contributed by atoms with Gasteiger partial charge in [-0.15, -0.1) is 0 Å². The molecule has 1 aliphatic rings. The Bertz CT molecular complexity index is 397. The number of aryl methyl sites for hydroxylation is 1. The predicted molar refractivity (Wildman–Crippen MR) is 75.2 cm³/mol. The number of piperidine rings is 1. The molecule has 1 fully saturated rings. The first kappa shape index (κ1) is 13.3. The summed E-state index contributed by atoms with van der Waals surface area (Å²) in [5.74, 6) is 2.38. The van der Waals surface area contributed by atoms with E-state index in [0.717, 1.165) is 30.4 Å².